The van der Waals surface area contributed by atoms with Crippen LogP contribution >= 0.6 is 11.3 Å². The van der Waals surface area contributed by atoms with Gasteiger partial charge < -0.3 is 10.6 Å². The zero-order valence-electron chi connectivity index (χ0n) is 15.3. The lowest BCUT2D eigenvalue weighted by Gasteiger charge is -2.14. The first kappa shape index (κ1) is 18.8. The summed E-state index contributed by atoms with van der Waals surface area (Å²) < 4.78 is 1.86. The summed E-state index contributed by atoms with van der Waals surface area (Å²) in [5, 5.41) is 13.8. The first-order valence-corrected chi connectivity index (χ1v) is 9.70. The number of carbonyl (C=O) groups is 2. The second-order valence-corrected chi connectivity index (χ2v) is 7.02. The molecule has 0 radical (unpaired) electrons. The summed E-state index contributed by atoms with van der Waals surface area (Å²) in [5.41, 5.74) is 3.56. The van der Waals surface area contributed by atoms with Crippen LogP contribution in [0.1, 0.15) is 41.0 Å². The van der Waals surface area contributed by atoms with Crippen molar-refractivity contribution in [1.82, 2.24) is 20.4 Å². The molecule has 6 nitrogen and oxygen atoms in total. The highest BCUT2D eigenvalue weighted by Crippen LogP contribution is 2.20. The quantitative estimate of drug-likeness (QED) is 0.659. The Morgan fingerprint density at radius 3 is 2.70 bits per heavy atom. The standard InChI is InChI=1S/C20H22N4O2S/c1-14(18-12-22-24(15(18)2)17-6-4-3-5-7-17)23-19(25)8-10-21-20(26)16-9-11-27-13-16/h3-7,9,11-14H,8,10H2,1-2H3,(H,21,26)(H,23,25). The number of thiophene rings is 1. The minimum absolute atomic E-state index is 0.111. The van der Waals surface area contributed by atoms with Crippen molar-refractivity contribution < 1.29 is 9.59 Å². The van der Waals surface area contributed by atoms with E-state index in [1.54, 1.807) is 17.6 Å². The molecule has 2 heterocycles. The van der Waals surface area contributed by atoms with Crippen molar-refractivity contribution in [2.24, 2.45) is 0 Å². The molecule has 3 aromatic rings. The number of hydrogen-bond donors (Lipinski definition) is 2. The van der Waals surface area contributed by atoms with E-state index in [-0.39, 0.29) is 24.3 Å². The Morgan fingerprint density at radius 1 is 1.22 bits per heavy atom. The highest BCUT2D eigenvalue weighted by atomic mass is 32.1. The maximum absolute atomic E-state index is 12.2. The maximum atomic E-state index is 12.2. The van der Waals surface area contributed by atoms with E-state index < -0.39 is 0 Å². The average Bonchev–Trinajstić information content (AvgIpc) is 3.32. The van der Waals surface area contributed by atoms with E-state index in [2.05, 4.69) is 15.7 Å². The Kier molecular flexibility index (Phi) is 6.03. The van der Waals surface area contributed by atoms with Crippen LogP contribution in [0.4, 0.5) is 0 Å². The third-order valence-electron chi connectivity index (χ3n) is 4.31. The van der Waals surface area contributed by atoms with E-state index in [0.29, 0.717) is 12.1 Å². The molecule has 0 aliphatic heterocycles. The van der Waals surface area contributed by atoms with Gasteiger partial charge in [-0.15, -0.1) is 0 Å². The summed E-state index contributed by atoms with van der Waals surface area (Å²) >= 11 is 1.47. The number of nitrogens with zero attached hydrogens (tertiary/aromatic N) is 2. The van der Waals surface area contributed by atoms with Crippen LogP contribution < -0.4 is 10.6 Å². The van der Waals surface area contributed by atoms with Gasteiger partial charge >= 0.3 is 0 Å². The van der Waals surface area contributed by atoms with Crippen molar-refractivity contribution in [3.8, 4) is 5.69 Å². The number of aromatic nitrogens is 2. The van der Waals surface area contributed by atoms with Crippen LogP contribution in [0.25, 0.3) is 5.69 Å². The van der Waals surface area contributed by atoms with E-state index in [4.69, 9.17) is 0 Å². The second-order valence-electron chi connectivity index (χ2n) is 6.24. The lowest BCUT2D eigenvalue weighted by molar-refractivity contribution is -0.121. The van der Waals surface area contributed by atoms with Gasteiger partial charge in [0, 0.05) is 35.2 Å². The highest BCUT2D eigenvalue weighted by molar-refractivity contribution is 7.08. The molecular formula is C20H22N4O2S. The van der Waals surface area contributed by atoms with Gasteiger partial charge in [0.2, 0.25) is 5.91 Å². The number of nitrogens with one attached hydrogen (secondary N) is 2. The van der Waals surface area contributed by atoms with Crippen molar-refractivity contribution >= 4 is 23.2 Å². The predicted octanol–water partition coefficient (Wildman–Crippen LogP) is 3.24. The Labute approximate surface area is 162 Å². The number of hydrogen-bond acceptors (Lipinski definition) is 4. The zero-order chi connectivity index (χ0) is 19.2. The topological polar surface area (TPSA) is 76.0 Å². The van der Waals surface area contributed by atoms with Crippen LogP contribution in [0.2, 0.25) is 0 Å². The smallest absolute Gasteiger partial charge is 0.252 e. The molecule has 1 atom stereocenters. The largest absolute Gasteiger partial charge is 0.351 e. The Balaban J connectivity index is 1.53. The zero-order valence-corrected chi connectivity index (χ0v) is 16.1. The van der Waals surface area contributed by atoms with Crippen LogP contribution in [0.5, 0.6) is 0 Å². The van der Waals surface area contributed by atoms with Gasteiger partial charge in [-0.05, 0) is 37.4 Å². The molecule has 2 aromatic heterocycles. The molecule has 2 N–H and O–H groups in total. The monoisotopic (exact) mass is 382 g/mol. The number of rotatable bonds is 7. The summed E-state index contributed by atoms with van der Waals surface area (Å²) in [6.07, 6.45) is 2.01. The van der Waals surface area contributed by atoms with Crippen LogP contribution in [0.3, 0.4) is 0 Å². The van der Waals surface area contributed by atoms with Crippen molar-refractivity contribution in [1.29, 1.82) is 0 Å². The molecule has 27 heavy (non-hydrogen) atoms. The average molecular weight is 382 g/mol. The molecule has 0 saturated carbocycles. The number of para-hydroxylation sites is 1. The predicted molar refractivity (Wildman–Crippen MR) is 106 cm³/mol. The van der Waals surface area contributed by atoms with Gasteiger partial charge in [0.1, 0.15) is 0 Å². The highest BCUT2D eigenvalue weighted by Gasteiger charge is 2.16. The normalized spacial score (nSPS) is 11.8. The maximum Gasteiger partial charge on any atom is 0.252 e. The third-order valence-corrected chi connectivity index (χ3v) is 5.00. The molecule has 1 unspecified atom stereocenters. The van der Waals surface area contributed by atoms with E-state index in [1.165, 1.54) is 11.3 Å². The number of carbonyl (C=O) groups excluding carboxylic acids is 2. The van der Waals surface area contributed by atoms with Crippen LogP contribution in [0.15, 0.2) is 53.4 Å². The van der Waals surface area contributed by atoms with Gasteiger partial charge in [-0.1, -0.05) is 18.2 Å². The third kappa shape index (κ3) is 4.62. The summed E-state index contributed by atoms with van der Waals surface area (Å²) in [4.78, 5) is 24.1. The molecule has 0 bridgehead atoms. The molecule has 0 saturated heterocycles. The molecule has 0 fully saturated rings. The fraction of sp³-hybridized carbons (Fsp3) is 0.250. The summed E-state index contributed by atoms with van der Waals surface area (Å²) in [6, 6.07) is 11.5. The number of amides is 2. The molecule has 1 aromatic carbocycles. The molecule has 140 valence electrons. The molecule has 2 amide bonds. The Bertz CT molecular complexity index is 903. The minimum atomic E-state index is -0.164. The van der Waals surface area contributed by atoms with E-state index in [1.807, 2.05) is 54.2 Å². The lowest BCUT2D eigenvalue weighted by Crippen LogP contribution is -2.32. The first-order valence-electron chi connectivity index (χ1n) is 8.76. The Morgan fingerprint density at radius 2 is 2.00 bits per heavy atom. The molecule has 0 spiro atoms. The second kappa shape index (κ2) is 8.64. The summed E-state index contributed by atoms with van der Waals surface area (Å²) in [7, 11) is 0. The minimum Gasteiger partial charge on any atom is -0.351 e. The Hall–Kier alpha value is -2.93. The van der Waals surface area contributed by atoms with Gasteiger partial charge in [0.05, 0.1) is 17.9 Å². The van der Waals surface area contributed by atoms with Gasteiger partial charge in [-0.3, -0.25) is 9.59 Å². The molecule has 0 aliphatic carbocycles. The SMILES string of the molecule is Cc1c(C(C)NC(=O)CCNC(=O)c2ccsc2)cnn1-c1ccccc1. The van der Waals surface area contributed by atoms with Gasteiger partial charge in [0.15, 0.2) is 0 Å². The van der Waals surface area contributed by atoms with Crippen LogP contribution in [0, 0.1) is 6.92 Å². The fourth-order valence-corrected chi connectivity index (χ4v) is 3.49. The van der Waals surface area contributed by atoms with E-state index >= 15 is 0 Å². The molecule has 7 heteroatoms. The molecular weight excluding hydrogens is 360 g/mol. The summed E-state index contributed by atoms with van der Waals surface area (Å²) in [5.74, 6) is -0.267. The van der Waals surface area contributed by atoms with E-state index in [9.17, 15) is 9.59 Å². The van der Waals surface area contributed by atoms with Gasteiger partial charge in [0.25, 0.3) is 5.91 Å². The van der Waals surface area contributed by atoms with Crippen LogP contribution in [-0.4, -0.2) is 28.1 Å². The molecule has 0 aliphatic rings. The van der Waals surface area contributed by atoms with Crippen molar-refractivity contribution in [2.45, 2.75) is 26.3 Å². The first-order chi connectivity index (χ1) is 13.1. The van der Waals surface area contributed by atoms with Gasteiger partial charge in [-0.25, -0.2) is 4.68 Å². The van der Waals surface area contributed by atoms with Crippen molar-refractivity contribution in [2.75, 3.05) is 6.54 Å². The van der Waals surface area contributed by atoms with Crippen molar-refractivity contribution in [3.05, 3.63) is 70.2 Å². The van der Waals surface area contributed by atoms with Crippen LogP contribution in [-0.2, 0) is 4.79 Å². The van der Waals surface area contributed by atoms with Crippen molar-refractivity contribution in [3.63, 3.8) is 0 Å². The van der Waals surface area contributed by atoms with Gasteiger partial charge in [-0.2, -0.15) is 16.4 Å². The fourth-order valence-electron chi connectivity index (χ4n) is 2.85. The number of benzene rings is 1. The van der Waals surface area contributed by atoms with E-state index in [0.717, 1.165) is 16.9 Å². The molecule has 3 rings (SSSR count). The summed E-state index contributed by atoms with van der Waals surface area (Å²) in [6.45, 7) is 4.22. The lowest BCUT2D eigenvalue weighted by atomic mass is 10.1.